The summed E-state index contributed by atoms with van der Waals surface area (Å²) < 4.78 is 26.0. The van der Waals surface area contributed by atoms with Gasteiger partial charge in [0.2, 0.25) is 10.0 Å². The van der Waals surface area contributed by atoms with Crippen molar-refractivity contribution < 1.29 is 8.42 Å². The molecule has 0 heterocycles. The second-order valence-electron chi connectivity index (χ2n) is 5.58. The molecule has 0 saturated heterocycles. The zero-order valence-corrected chi connectivity index (χ0v) is 11.4. The van der Waals surface area contributed by atoms with Crippen LogP contribution < -0.4 is 10.0 Å². The van der Waals surface area contributed by atoms with Crippen LogP contribution in [0.1, 0.15) is 39.0 Å². The maximum Gasteiger partial charge on any atom is 0.211 e. The van der Waals surface area contributed by atoms with Gasteiger partial charge in [0.15, 0.2) is 0 Å². The van der Waals surface area contributed by atoms with Gasteiger partial charge in [0, 0.05) is 12.6 Å². The lowest BCUT2D eigenvalue weighted by Crippen LogP contribution is -2.29. The molecule has 0 spiro atoms. The lowest BCUT2D eigenvalue weighted by atomic mass is 10.3. The topological polar surface area (TPSA) is 58.2 Å². The molecule has 0 aromatic carbocycles. The lowest BCUT2D eigenvalue weighted by molar-refractivity contribution is 0.567. The summed E-state index contributed by atoms with van der Waals surface area (Å²) in [6.07, 6.45) is 5.47. The van der Waals surface area contributed by atoms with Crippen molar-refractivity contribution in [2.24, 2.45) is 11.8 Å². The van der Waals surface area contributed by atoms with Gasteiger partial charge in [-0.2, -0.15) is 0 Å². The Bertz CT molecular complexity index is 338. The van der Waals surface area contributed by atoms with Crippen molar-refractivity contribution in [2.45, 2.75) is 45.1 Å². The van der Waals surface area contributed by atoms with Gasteiger partial charge in [0.1, 0.15) is 0 Å². The van der Waals surface area contributed by atoms with Crippen LogP contribution in [0.15, 0.2) is 0 Å². The monoisotopic (exact) mass is 260 g/mol. The molecule has 2 atom stereocenters. The maximum atomic E-state index is 11.6. The fourth-order valence-corrected chi connectivity index (χ4v) is 3.20. The summed E-state index contributed by atoms with van der Waals surface area (Å²) in [4.78, 5) is 0. The zero-order valence-electron chi connectivity index (χ0n) is 10.6. The van der Waals surface area contributed by atoms with Crippen LogP contribution in [0.2, 0.25) is 0 Å². The van der Waals surface area contributed by atoms with Crippen LogP contribution in [0.25, 0.3) is 0 Å². The molecule has 2 fully saturated rings. The largest absolute Gasteiger partial charge is 0.314 e. The van der Waals surface area contributed by atoms with Crippen LogP contribution in [0.4, 0.5) is 0 Å². The van der Waals surface area contributed by atoms with E-state index in [-0.39, 0.29) is 5.75 Å². The van der Waals surface area contributed by atoms with Crippen molar-refractivity contribution >= 4 is 10.0 Å². The molecule has 0 aromatic heterocycles. The standard InChI is InChI=1S/C12H24N2O2S/c1-10-8-11(10)9-14-17(15,16)7-3-2-6-13-12-4-5-12/h10-14H,2-9H2,1H3. The van der Waals surface area contributed by atoms with Gasteiger partial charge in [-0.25, -0.2) is 13.1 Å². The normalized spacial score (nSPS) is 28.3. The molecular weight excluding hydrogens is 236 g/mol. The van der Waals surface area contributed by atoms with Crippen molar-refractivity contribution in [2.75, 3.05) is 18.8 Å². The van der Waals surface area contributed by atoms with E-state index in [2.05, 4.69) is 17.0 Å². The Hall–Kier alpha value is -0.130. The summed E-state index contributed by atoms with van der Waals surface area (Å²) >= 11 is 0. The molecule has 100 valence electrons. The molecule has 0 radical (unpaired) electrons. The molecule has 2 aliphatic carbocycles. The predicted octanol–water partition coefficient (Wildman–Crippen LogP) is 1.09. The van der Waals surface area contributed by atoms with Crippen LogP contribution in [-0.2, 0) is 10.0 Å². The third-order valence-electron chi connectivity index (χ3n) is 3.69. The molecule has 2 N–H and O–H groups in total. The van der Waals surface area contributed by atoms with E-state index in [0.717, 1.165) is 25.4 Å². The van der Waals surface area contributed by atoms with E-state index in [4.69, 9.17) is 0 Å². The number of hydrogen-bond donors (Lipinski definition) is 2. The molecule has 2 unspecified atom stereocenters. The molecule has 0 aliphatic heterocycles. The van der Waals surface area contributed by atoms with Gasteiger partial charge >= 0.3 is 0 Å². The van der Waals surface area contributed by atoms with Gasteiger partial charge in [-0.05, 0) is 50.5 Å². The van der Waals surface area contributed by atoms with E-state index >= 15 is 0 Å². The van der Waals surface area contributed by atoms with Crippen molar-refractivity contribution in [3.63, 3.8) is 0 Å². The zero-order chi connectivity index (χ0) is 12.3. The first-order valence-electron chi connectivity index (χ1n) is 6.77. The van der Waals surface area contributed by atoms with Gasteiger partial charge < -0.3 is 5.32 Å². The van der Waals surface area contributed by atoms with Crippen molar-refractivity contribution in [1.82, 2.24) is 10.0 Å². The summed E-state index contributed by atoms with van der Waals surface area (Å²) in [7, 11) is -3.02. The number of hydrogen-bond acceptors (Lipinski definition) is 3. The number of nitrogens with one attached hydrogen (secondary N) is 2. The molecule has 2 rings (SSSR count). The Balaban J connectivity index is 1.49. The fourth-order valence-electron chi connectivity index (χ4n) is 2.00. The number of sulfonamides is 1. The highest BCUT2D eigenvalue weighted by molar-refractivity contribution is 7.89. The predicted molar refractivity (Wildman–Crippen MR) is 69.3 cm³/mol. The summed E-state index contributed by atoms with van der Waals surface area (Å²) in [5.41, 5.74) is 0. The highest BCUT2D eigenvalue weighted by Gasteiger charge is 2.32. The van der Waals surface area contributed by atoms with E-state index in [1.807, 2.05) is 0 Å². The first-order chi connectivity index (χ1) is 8.07. The summed E-state index contributed by atoms with van der Waals surface area (Å²) in [6, 6.07) is 0.723. The average molecular weight is 260 g/mol. The second kappa shape index (κ2) is 5.67. The molecule has 17 heavy (non-hydrogen) atoms. The Morgan fingerprint density at radius 3 is 2.53 bits per heavy atom. The van der Waals surface area contributed by atoms with Gasteiger partial charge in [0.05, 0.1) is 5.75 Å². The summed E-state index contributed by atoms with van der Waals surface area (Å²) in [5.74, 6) is 1.57. The number of rotatable bonds is 9. The molecule has 0 bridgehead atoms. The fraction of sp³-hybridized carbons (Fsp3) is 1.00. The minimum Gasteiger partial charge on any atom is -0.314 e. The van der Waals surface area contributed by atoms with E-state index < -0.39 is 10.0 Å². The molecule has 0 aromatic rings. The minimum absolute atomic E-state index is 0.278. The van der Waals surface area contributed by atoms with Crippen molar-refractivity contribution in [1.29, 1.82) is 0 Å². The Labute approximate surface area is 105 Å². The number of unbranched alkanes of at least 4 members (excludes halogenated alkanes) is 1. The van der Waals surface area contributed by atoms with E-state index in [0.29, 0.717) is 18.4 Å². The quantitative estimate of drug-likeness (QED) is 0.610. The average Bonchev–Trinajstić information content (AvgIpc) is 3.13. The Kier molecular flexibility index (Phi) is 4.44. The van der Waals surface area contributed by atoms with E-state index in [1.54, 1.807) is 0 Å². The summed E-state index contributed by atoms with van der Waals surface area (Å²) in [5, 5.41) is 3.39. The Morgan fingerprint density at radius 1 is 1.24 bits per heavy atom. The van der Waals surface area contributed by atoms with Gasteiger partial charge in [-0.3, -0.25) is 0 Å². The molecule has 2 aliphatic rings. The van der Waals surface area contributed by atoms with Crippen LogP contribution in [0.5, 0.6) is 0 Å². The smallest absolute Gasteiger partial charge is 0.211 e. The SMILES string of the molecule is CC1CC1CNS(=O)(=O)CCCCNC1CC1. The molecular formula is C12H24N2O2S. The second-order valence-corrected chi connectivity index (χ2v) is 7.50. The van der Waals surface area contributed by atoms with Gasteiger partial charge in [-0.15, -0.1) is 0 Å². The first-order valence-corrected chi connectivity index (χ1v) is 8.43. The molecule has 0 amide bonds. The first kappa shape index (κ1) is 13.3. The van der Waals surface area contributed by atoms with Crippen LogP contribution in [-0.4, -0.2) is 33.3 Å². The maximum absolute atomic E-state index is 11.6. The molecule has 4 nitrogen and oxygen atoms in total. The lowest BCUT2D eigenvalue weighted by Gasteiger charge is -2.06. The highest BCUT2D eigenvalue weighted by Crippen LogP contribution is 2.36. The van der Waals surface area contributed by atoms with E-state index in [9.17, 15) is 8.42 Å². The van der Waals surface area contributed by atoms with Crippen molar-refractivity contribution in [3.05, 3.63) is 0 Å². The Morgan fingerprint density at radius 2 is 1.94 bits per heavy atom. The third-order valence-corrected chi connectivity index (χ3v) is 5.12. The minimum atomic E-state index is -3.02. The van der Waals surface area contributed by atoms with Crippen LogP contribution >= 0.6 is 0 Å². The van der Waals surface area contributed by atoms with E-state index in [1.165, 1.54) is 19.3 Å². The van der Waals surface area contributed by atoms with Crippen LogP contribution in [0, 0.1) is 11.8 Å². The summed E-state index contributed by atoms with van der Waals surface area (Å²) in [6.45, 7) is 3.77. The highest BCUT2D eigenvalue weighted by atomic mass is 32.2. The van der Waals surface area contributed by atoms with Gasteiger partial charge in [0.25, 0.3) is 0 Å². The van der Waals surface area contributed by atoms with Crippen molar-refractivity contribution in [3.8, 4) is 0 Å². The molecule has 5 heteroatoms. The van der Waals surface area contributed by atoms with Crippen LogP contribution in [0.3, 0.4) is 0 Å². The molecule has 2 saturated carbocycles. The third kappa shape index (κ3) is 5.36. The van der Waals surface area contributed by atoms with Gasteiger partial charge in [-0.1, -0.05) is 6.92 Å².